The van der Waals surface area contributed by atoms with Crippen molar-refractivity contribution in [2.75, 3.05) is 0 Å². The smallest absolute Gasteiger partial charge is 0.263 e. The lowest BCUT2D eigenvalue weighted by Crippen LogP contribution is -2.36. The SMILES string of the molecule is Cc1ccc(C2(F)CC(c3noc(Cn4cnc5ncccc5c4=O)n3)C2)cc1. The van der Waals surface area contributed by atoms with Gasteiger partial charge in [-0.25, -0.2) is 14.4 Å². The van der Waals surface area contributed by atoms with Crippen LogP contribution in [0.1, 0.15) is 41.6 Å². The van der Waals surface area contributed by atoms with Gasteiger partial charge in [0.05, 0.1) is 5.39 Å². The average Bonchev–Trinajstić information content (AvgIpc) is 3.16. The summed E-state index contributed by atoms with van der Waals surface area (Å²) in [5, 5.41) is 4.42. The topological polar surface area (TPSA) is 86.7 Å². The molecule has 0 spiro atoms. The maximum Gasteiger partial charge on any atom is 0.263 e. The van der Waals surface area contributed by atoms with Gasteiger partial charge in [-0.15, -0.1) is 0 Å². The van der Waals surface area contributed by atoms with Crippen molar-refractivity contribution in [3.63, 3.8) is 0 Å². The van der Waals surface area contributed by atoms with Gasteiger partial charge >= 0.3 is 0 Å². The van der Waals surface area contributed by atoms with Gasteiger partial charge in [0.15, 0.2) is 11.5 Å². The minimum atomic E-state index is -1.36. The van der Waals surface area contributed by atoms with Gasteiger partial charge in [-0.3, -0.25) is 9.36 Å². The largest absolute Gasteiger partial charge is 0.337 e. The summed E-state index contributed by atoms with van der Waals surface area (Å²) in [4.78, 5) is 25.2. The number of hydrogen-bond donors (Lipinski definition) is 0. The Labute approximate surface area is 165 Å². The second-order valence-electron chi connectivity index (χ2n) is 7.54. The first-order valence-electron chi connectivity index (χ1n) is 9.40. The molecule has 0 atom stereocenters. The molecule has 0 amide bonds. The summed E-state index contributed by atoms with van der Waals surface area (Å²) >= 11 is 0. The van der Waals surface area contributed by atoms with Crippen LogP contribution in [0.25, 0.3) is 11.0 Å². The molecule has 0 saturated heterocycles. The molecule has 0 unspecified atom stereocenters. The molecule has 1 fully saturated rings. The lowest BCUT2D eigenvalue weighted by atomic mass is 9.68. The number of aryl methyl sites for hydroxylation is 1. The van der Waals surface area contributed by atoms with Crippen LogP contribution in [0.15, 0.2) is 58.2 Å². The Hall–Kier alpha value is -3.42. The number of fused-ring (bicyclic) bond motifs is 1. The Bertz CT molecular complexity index is 1240. The second kappa shape index (κ2) is 6.58. The monoisotopic (exact) mass is 391 g/mol. The highest BCUT2D eigenvalue weighted by Crippen LogP contribution is 2.53. The van der Waals surface area contributed by atoms with Crippen LogP contribution >= 0.6 is 0 Å². The molecule has 0 radical (unpaired) electrons. The van der Waals surface area contributed by atoms with Gasteiger partial charge in [-0.1, -0.05) is 35.0 Å². The maximum absolute atomic E-state index is 15.1. The highest BCUT2D eigenvalue weighted by molar-refractivity contribution is 5.72. The summed E-state index contributed by atoms with van der Waals surface area (Å²) < 4.78 is 21.8. The minimum Gasteiger partial charge on any atom is -0.337 e. The number of alkyl halides is 1. The van der Waals surface area contributed by atoms with Gasteiger partial charge in [-0.05, 0) is 37.5 Å². The van der Waals surface area contributed by atoms with Crippen LogP contribution < -0.4 is 5.56 Å². The molecule has 1 saturated carbocycles. The fourth-order valence-corrected chi connectivity index (χ4v) is 3.75. The van der Waals surface area contributed by atoms with Crippen LogP contribution in [0.2, 0.25) is 0 Å². The molecule has 4 aromatic rings. The summed E-state index contributed by atoms with van der Waals surface area (Å²) in [6, 6.07) is 10.9. The van der Waals surface area contributed by atoms with Crippen molar-refractivity contribution in [3.05, 3.63) is 82.1 Å². The molecule has 0 N–H and O–H groups in total. The molecule has 1 aliphatic carbocycles. The molecular formula is C21H18FN5O2. The molecule has 3 aromatic heterocycles. The van der Waals surface area contributed by atoms with Crippen molar-refractivity contribution >= 4 is 11.0 Å². The van der Waals surface area contributed by atoms with Gasteiger partial charge < -0.3 is 4.52 Å². The number of pyridine rings is 1. The third-order valence-electron chi connectivity index (χ3n) is 5.46. The van der Waals surface area contributed by atoms with Crippen LogP contribution in [-0.4, -0.2) is 24.7 Å². The van der Waals surface area contributed by atoms with Gasteiger partial charge in [0.25, 0.3) is 5.56 Å². The Morgan fingerprint density at radius 1 is 1.21 bits per heavy atom. The molecule has 8 heteroatoms. The predicted octanol–water partition coefficient (Wildman–Crippen LogP) is 3.27. The first kappa shape index (κ1) is 17.7. The lowest BCUT2D eigenvalue weighted by Gasteiger charge is -2.40. The zero-order valence-corrected chi connectivity index (χ0v) is 15.7. The predicted molar refractivity (Wildman–Crippen MR) is 103 cm³/mol. The quantitative estimate of drug-likeness (QED) is 0.531. The highest BCUT2D eigenvalue weighted by atomic mass is 19.1. The summed E-state index contributed by atoms with van der Waals surface area (Å²) in [5.74, 6) is 0.664. The Kier molecular flexibility index (Phi) is 4.01. The van der Waals surface area contributed by atoms with E-state index in [1.54, 1.807) is 18.3 Å². The maximum atomic E-state index is 15.1. The van der Waals surface area contributed by atoms with Crippen LogP contribution in [0, 0.1) is 6.92 Å². The molecule has 0 bridgehead atoms. The van der Waals surface area contributed by atoms with Crippen molar-refractivity contribution in [1.82, 2.24) is 24.7 Å². The van der Waals surface area contributed by atoms with Gasteiger partial charge in [0.2, 0.25) is 5.89 Å². The summed E-state index contributed by atoms with van der Waals surface area (Å²) in [7, 11) is 0. The van der Waals surface area contributed by atoms with Gasteiger partial charge in [0.1, 0.15) is 18.5 Å². The van der Waals surface area contributed by atoms with E-state index in [0.717, 1.165) is 5.56 Å². The van der Waals surface area contributed by atoms with E-state index in [1.165, 1.54) is 10.9 Å². The lowest BCUT2D eigenvalue weighted by molar-refractivity contribution is 0.0336. The Morgan fingerprint density at radius 3 is 2.79 bits per heavy atom. The molecular weight excluding hydrogens is 373 g/mol. The van der Waals surface area contributed by atoms with Crippen molar-refractivity contribution < 1.29 is 8.91 Å². The number of rotatable bonds is 4. The van der Waals surface area contributed by atoms with Gasteiger partial charge in [0, 0.05) is 12.1 Å². The second-order valence-corrected chi connectivity index (χ2v) is 7.54. The van der Waals surface area contributed by atoms with E-state index in [1.807, 2.05) is 31.2 Å². The van der Waals surface area contributed by atoms with Crippen molar-refractivity contribution in [2.45, 2.75) is 37.9 Å². The normalized spacial score (nSPS) is 21.2. The summed E-state index contributed by atoms with van der Waals surface area (Å²) in [5.41, 5.74) is 0.597. The number of hydrogen-bond acceptors (Lipinski definition) is 6. The first-order chi connectivity index (χ1) is 14.0. The Balaban J connectivity index is 1.32. The summed E-state index contributed by atoms with van der Waals surface area (Å²) in [6.07, 6.45) is 3.63. The molecule has 1 aromatic carbocycles. The molecule has 3 heterocycles. The third-order valence-corrected chi connectivity index (χ3v) is 5.46. The van der Waals surface area contributed by atoms with Crippen LogP contribution in [0.5, 0.6) is 0 Å². The number of nitrogens with zero attached hydrogens (tertiary/aromatic N) is 5. The molecule has 7 nitrogen and oxygen atoms in total. The highest BCUT2D eigenvalue weighted by Gasteiger charge is 2.48. The molecule has 29 heavy (non-hydrogen) atoms. The minimum absolute atomic E-state index is 0.102. The fourth-order valence-electron chi connectivity index (χ4n) is 3.75. The van der Waals surface area contributed by atoms with E-state index >= 15 is 4.39 Å². The standard InChI is InChI=1S/C21H18FN5O2/c1-13-4-6-15(7-5-13)21(22)9-14(10-21)18-25-17(29-26-18)11-27-12-24-19-16(20(27)28)3-2-8-23-19/h2-8,12,14H,9-11H2,1H3. The fraction of sp³-hybridized carbons (Fsp3) is 0.286. The molecule has 146 valence electrons. The zero-order chi connectivity index (χ0) is 20.0. The van der Waals surface area contributed by atoms with Crippen molar-refractivity contribution in [3.8, 4) is 0 Å². The number of halogens is 1. The summed E-state index contributed by atoms with van der Waals surface area (Å²) in [6.45, 7) is 2.08. The van der Waals surface area contributed by atoms with Gasteiger partial charge in [-0.2, -0.15) is 4.98 Å². The van der Waals surface area contributed by atoms with E-state index < -0.39 is 5.67 Å². The number of benzene rings is 1. The first-order valence-corrected chi connectivity index (χ1v) is 9.40. The molecule has 5 rings (SSSR count). The van der Waals surface area contributed by atoms with E-state index in [4.69, 9.17) is 4.52 Å². The van der Waals surface area contributed by atoms with E-state index in [2.05, 4.69) is 20.1 Å². The third kappa shape index (κ3) is 3.10. The number of aromatic nitrogens is 5. The van der Waals surface area contributed by atoms with Crippen molar-refractivity contribution in [1.29, 1.82) is 0 Å². The zero-order valence-electron chi connectivity index (χ0n) is 15.7. The van der Waals surface area contributed by atoms with Crippen LogP contribution in [-0.2, 0) is 12.2 Å². The van der Waals surface area contributed by atoms with E-state index in [-0.39, 0.29) is 18.0 Å². The molecule has 1 aliphatic rings. The van der Waals surface area contributed by atoms with Crippen LogP contribution in [0.3, 0.4) is 0 Å². The van der Waals surface area contributed by atoms with Crippen LogP contribution in [0.4, 0.5) is 4.39 Å². The van der Waals surface area contributed by atoms with E-state index in [9.17, 15) is 4.79 Å². The molecule has 0 aliphatic heterocycles. The van der Waals surface area contributed by atoms with Crippen molar-refractivity contribution in [2.24, 2.45) is 0 Å². The Morgan fingerprint density at radius 2 is 2.00 bits per heavy atom. The average molecular weight is 391 g/mol. The van der Waals surface area contributed by atoms with E-state index in [0.29, 0.717) is 41.2 Å².